The molecule has 8 heteroatoms. The van der Waals surface area contributed by atoms with Crippen LogP contribution >= 0.6 is 11.6 Å². The first-order valence-corrected chi connectivity index (χ1v) is 13.1. The molecule has 1 aliphatic heterocycles. The van der Waals surface area contributed by atoms with Gasteiger partial charge in [0.05, 0.1) is 11.5 Å². The molecule has 194 valence electrons. The van der Waals surface area contributed by atoms with E-state index in [4.69, 9.17) is 16.1 Å². The van der Waals surface area contributed by atoms with Crippen LogP contribution in [0.3, 0.4) is 0 Å². The zero-order valence-electron chi connectivity index (χ0n) is 21.4. The van der Waals surface area contributed by atoms with Crippen molar-refractivity contribution < 1.29 is 14.1 Å². The molecule has 0 unspecified atom stereocenters. The molecule has 1 fully saturated rings. The Morgan fingerprint density at radius 3 is 2.24 bits per heavy atom. The molecule has 38 heavy (non-hydrogen) atoms. The Morgan fingerprint density at radius 1 is 0.974 bits per heavy atom. The number of aryl methyl sites for hydroxylation is 1. The van der Waals surface area contributed by atoms with Gasteiger partial charge in [0.1, 0.15) is 0 Å². The Bertz CT molecular complexity index is 1410. The highest BCUT2D eigenvalue weighted by Crippen LogP contribution is 2.37. The molecule has 0 radical (unpaired) electrons. The predicted octanol–water partition coefficient (Wildman–Crippen LogP) is 5.75. The molecule has 1 N–H and O–H groups in total. The maximum Gasteiger partial charge on any atom is 0.257 e. The Kier molecular flexibility index (Phi) is 7.29. The third-order valence-corrected chi connectivity index (χ3v) is 7.54. The van der Waals surface area contributed by atoms with E-state index in [0.29, 0.717) is 48.2 Å². The van der Waals surface area contributed by atoms with Crippen LogP contribution in [0.4, 0.5) is 0 Å². The Hall–Kier alpha value is -3.97. The molecular formula is C30H29ClN4O3. The van der Waals surface area contributed by atoms with Crippen molar-refractivity contribution in [1.29, 1.82) is 0 Å². The van der Waals surface area contributed by atoms with Gasteiger partial charge in [-0.1, -0.05) is 59.2 Å². The molecule has 0 saturated carbocycles. The number of likely N-dealkylation sites (tertiary alicyclic amines) is 1. The summed E-state index contributed by atoms with van der Waals surface area (Å²) in [6.07, 6.45) is 1.06. The van der Waals surface area contributed by atoms with Gasteiger partial charge in [0.15, 0.2) is 5.82 Å². The molecule has 2 amide bonds. The highest BCUT2D eigenvalue weighted by atomic mass is 35.5. The zero-order valence-corrected chi connectivity index (χ0v) is 22.1. The van der Waals surface area contributed by atoms with E-state index >= 15 is 0 Å². The van der Waals surface area contributed by atoms with E-state index < -0.39 is 5.41 Å². The number of rotatable bonds is 6. The number of halogens is 1. The van der Waals surface area contributed by atoms with Gasteiger partial charge < -0.3 is 14.7 Å². The summed E-state index contributed by atoms with van der Waals surface area (Å²) in [7, 11) is 0. The summed E-state index contributed by atoms with van der Waals surface area (Å²) in [4.78, 5) is 33.2. The number of hydrogen-bond acceptors (Lipinski definition) is 5. The van der Waals surface area contributed by atoms with Gasteiger partial charge in [0, 0.05) is 29.2 Å². The number of amides is 2. The van der Waals surface area contributed by atoms with Crippen LogP contribution < -0.4 is 5.32 Å². The van der Waals surface area contributed by atoms with Crippen molar-refractivity contribution in [2.75, 3.05) is 13.1 Å². The molecule has 1 saturated heterocycles. The van der Waals surface area contributed by atoms with Crippen molar-refractivity contribution in [3.05, 3.63) is 106 Å². The summed E-state index contributed by atoms with van der Waals surface area (Å²) in [5.74, 6) is 0.889. The summed E-state index contributed by atoms with van der Waals surface area (Å²) < 4.78 is 5.21. The Labute approximate surface area is 226 Å². The number of aromatic nitrogens is 2. The maximum absolute atomic E-state index is 13.8. The van der Waals surface area contributed by atoms with Gasteiger partial charge in [0.2, 0.25) is 5.91 Å². The second-order valence-electron chi connectivity index (χ2n) is 9.71. The lowest BCUT2D eigenvalue weighted by Gasteiger charge is -2.41. The molecule has 4 aromatic rings. The van der Waals surface area contributed by atoms with E-state index in [9.17, 15) is 9.59 Å². The second kappa shape index (κ2) is 10.8. The van der Waals surface area contributed by atoms with Crippen molar-refractivity contribution in [3.8, 4) is 11.5 Å². The van der Waals surface area contributed by atoms with E-state index in [0.717, 1.165) is 16.7 Å². The average Bonchev–Trinajstić information content (AvgIpc) is 3.39. The van der Waals surface area contributed by atoms with Crippen LogP contribution in [0.25, 0.3) is 11.5 Å². The van der Waals surface area contributed by atoms with E-state index in [1.54, 1.807) is 19.1 Å². The van der Waals surface area contributed by atoms with Crippen LogP contribution in [0, 0.1) is 6.92 Å². The van der Waals surface area contributed by atoms with Gasteiger partial charge in [-0.15, -0.1) is 0 Å². The van der Waals surface area contributed by atoms with Crippen LogP contribution in [0.1, 0.15) is 53.1 Å². The first-order valence-electron chi connectivity index (χ1n) is 12.7. The summed E-state index contributed by atoms with van der Waals surface area (Å²) >= 11 is 6.04. The first-order chi connectivity index (χ1) is 18.4. The van der Waals surface area contributed by atoms with Crippen molar-refractivity contribution in [3.63, 3.8) is 0 Å². The van der Waals surface area contributed by atoms with Gasteiger partial charge in [-0.3, -0.25) is 9.59 Å². The molecular weight excluding hydrogens is 500 g/mol. The van der Waals surface area contributed by atoms with Crippen molar-refractivity contribution in [1.82, 2.24) is 20.4 Å². The third kappa shape index (κ3) is 5.20. The highest BCUT2D eigenvalue weighted by molar-refractivity contribution is 6.30. The number of hydrogen-bond donors (Lipinski definition) is 1. The van der Waals surface area contributed by atoms with Crippen molar-refractivity contribution in [2.45, 2.75) is 38.1 Å². The molecule has 0 bridgehead atoms. The number of piperidine rings is 1. The SMILES string of the molecule is Cc1noc(-c2ccc(C(=O)N3CCC(C(=O)N[C@@H](C)c4ccc(Cl)cc4)(c4ccccc4)CC3)cc2)n1. The Morgan fingerprint density at radius 2 is 1.63 bits per heavy atom. The van der Waals surface area contributed by atoms with Crippen LogP contribution in [-0.2, 0) is 10.2 Å². The lowest BCUT2D eigenvalue weighted by atomic mass is 9.71. The molecule has 1 atom stereocenters. The molecule has 3 aromatic carbocycles. The fourth-order valence-electron chi connectivity index (χ4n) is 5.02. The Balaban J connectivity index is 1.31. The van der Waals surface area contributed by atoms with Crippen LogP contribution in [0.2, 0.25) is 5.02 Å². The van der Waals surface area contributed by atoms with Crippen LogP contribution in [-0.4, -0.2) is 39.9 Å². The molecule has 1 aliphatic rings. The number of nitrogens with zero attached hydrogens (tertiary/aromatic N) is 3. The zero-order chi connectivity index (χ0) is 26.7. The third-order valence-electron chi connectivity index (χ3n) is 7.29. The van der Waals surface area contributed by atoms with Gasteiger partial charge in [0.25, 0.3) is 11.8 Å². The minimum atomic E-state index is -0.724. The van der Waals surface area contributed by atoms with Crippen LogP contribution in [0.5, 0.6) is 0 Å². The second-order valence-corrected chi connectivity index (χ2v) is 10.1. The number of carbonyl (C=O) groups excluding carboxylic acids is 2. The van der Waals surface area contributed by atoms with Crippen molar-refractivity contribution >= 4 is 23.4 Å². The van der Waals surface area contributed by atoms with E-state index in [-0.39, 0.29) is 17.9 Å². The summed E-state index contributed by atoms with van der Waals surface area (Å²) in [6, 6.07) is 24.4. The number of benzene rings is 3. The first kappa shape index (κ1) is 25.7. The van der Waals surface area contributed by atoms with Gasteiger partial charge in [-0.05, 0) is 74.2 Å². The summed E-state index contributed by atoms with van der Waals surface area (Å²) in [5.41, 5.74) is 2.57. The fraction of sp³-hybridized carbons (Fsp3) is 0.267. The summed E-state index contributed by atoms with van der Waals surface area (Å²) in [5, 5.41) is 7.69. The van der Waals surface area contributed by atoms with E-state index in [2.05, 4.69) is 15.5 Å². The fourth-order valence-corrected chi connectivity index (χ4v) is 5.14. The minimum Gasteiger partial charge on any atom is -0.349 e. The van der Waals surface area contributed by atoms with Gasteiger partial charge >= 0.3 is 0 Å². The van der Waals surface area contributed by atoms with Crippen molar-refractivity contribution in [2.24, 2.45) is 0 Å². The molecule has 1 aromatic heterocycles. The largest absolute Gasteiger partial charge is 0.349 e. The van der Waals surface area contributed by atoms with Gasteiger partial charge in [-0.2, -0.15) is 4.98 Å². The quantitative estimate of drug-likeness (QED) is 0.344. The summed E-state index contributed by atoms with van der Waals surface area (Å²) in [6.45, 7) is 4.68. The molecule has 7 nitrogen and oxygen atoms in total. The topological polar surface area (TPSA) is 88.3 Å². The average molecular weight is 529 g/mol. The maximum atomic E-state index is 13.8. The predicted molar refractivity (Wildman–Crippen MR) is 146 cm³/mol. The smallest absolute Gasteiger partial charge is 0.257 e. The van der Waals surface area contributed by atoms with Crippen LogP contribution in [0.15, 0.2) is 83.4 Å². The normalized spacial score (nSPS) is 15.6. The number of nitrogens with one attached hydrogen (secondary N) is 1. The monoisotopic (exact) mass is 528 g/mol. The number of carbonyl (C=O) groups is 2. The standard InChI is InChI=1S/C30H29ClN4O3/c1-20(22-12-14-26(31)15-13-22)32-29(37)30(25-6-4-3-5-7-25)16-18-35(19-17-30)28(36)24-10-8-23(9-11-24)27-33-21(2)34-38-27/h3-15,20H,16-19H2,1-2H3,(H,32,37)/t20-/m0/s1. The minimum absolute atomic E-state index is 0.0301. The van der Waals surface area contributed by atoms with Gasteiger partial charge in [-0.25, -0.2) is 0 Å². The lowest BCUT2D eigenvalue weighted by molar-refractivity contribution is -0.129. The highest BCUT2D eigenvalue weighted by Gasteiger charge is 2.44. The molecule has 2 heterocycles. The lowest BCUT2D eigenvalue weighted by Crippen LogP contribution is -2.53. The molecule has 0 aliphatic carbocycles. The van der Waals surface area contributed by atoms with E-state index in [1.165, 1.54) is 0 Å². The van der Waals surface area contributed by atoms with E-state index in [1.807, 2.05) is 78.6 Å². The molecule has 5 rings (SSSR count). The molecule has 0 spiro atoms.